The van der Waals surface area contributed by atoms with Gasteiger partial charge in [-0.2, -0.15) is 0 Å². The maximum Gasteiger partial charge on any atom is 0.378 e. The highest BCUT2D eigenvalue weighted by Crippen LogP contribution is 1.92. The monoisotopic (exact) mass is 123 g/mol. The predicted molar refractivity (Wildman–Crippen MR) is 27.4 cm³/mol. The van der Waals surface area contributed by atoms with Crippen LogP contribution in [0, 0.1) is 0 Å². The summed E-state index contributed by atoms with van der Waals surface area (Å²) in [7, 11) is -0.128. The Morgan fingerprint density at radius 3 is 2.50 bits per heavy atom. The van der Waals surface area contributed by atoms with E-state index < -0.39 is 0 Å². The highest BCUT2D eigenvalue weighted by molar-refractivity contribution is 7.94. The van der Waals surface area contributed by atoms with E-state index in [4.69, 9.17) is 0 Å². The summed E-state index contributed by atoms with van der Waals surface area (Å²) in [4.78, 5) is 9.76. The summed E-state index contributed by atoms with van der Waals surface area (Å²) < 4.78 is 4.25. The van der Waals surface area contributed by atoms with Gasteiger partial charge in [0.1, 0.15) is 0 Å². The van der Waals surface area contributed by atoms with Crippen molar-refractivity contribution in [2.24, 2.45) is 0 Å². The molecule has 0 heterocycles. The van der Waals surface area contributed by atoms with Crippen LogP contribution in [0.25, 0.3) is 0 Å². The molecule has 0 saturated carbocycles. The summed E-state index contributed by atoms with van der Waals surface area (Å²) in [5, 5.41) is 0. The molecule has 0 fully saturated rings. The predicted octanol–water partition coefficient (Wildman–Crippen LogP) is 0.605. The van der Waals surface area contributed by atoms with Gasteiger partial charge in [0.25, 0.3) is 0 Å². The molecule has 0 bridgehead atoms. The molecule has 4 heteroatoms. The van der Waals surface area contributed by atoms with Crippen molar-refractivity contribution in [3.05, 3.63) is 0 Å². The molecule has 34 valence electrons. The lowest BCUT2D eigenvalue weighted by Crippen LogP contribution is -1.83. The highest BCUT2D eigenvalue weighted by atomic mass is 32.4. The van der Waals surface area contributed by atoms with Gasteiger partial charge in [0.2, 0.25) is 11.8 Å². The van der Waals surface area contributed by atoms with Gasteiger partial charge in [0.05, 0.1) is 0 Å². The minimum Gasteiger partial charge on any atom is -0.247 e. The second-order valence-electron chi connectivity index (χ2n) is 0.677. The Morgan fingerprint density at radius 2 is 2.50 bits per heavy atom. The molecule has 0 aliphatic rings. The zero-order chi connectivity index (χ0) is 4.99. The van der Waals surface area contributed by atoms with E-state index in [2.05, 4.69) is 16.3 Å². The van der Waals surface area contributed by atoms with Crippen molar-refractivity contribution in [3.63, 3.8) is 0 Å². The second kappa shape index (κ2) is 3.19. The minimum atomic E-state index is -0.302. The standard InChI is InChI=1S/C2H3O2PS/c1-2(3)4-5-6/h1H3/p+1. The lowest BCUT2D eigenvalue weighted by atomic mass is 10.9. The molecule has 2 nitrogen and oxygen atoms in total. The van der Waals surface area contributed by atoms with Crippen molar-refractivity contribution in [2.45, 2.75) is 6.92 Å². The van der Waals surface area contributed by atoms with Crippen molar-refractivity contribution < 1.29 is 9.32 Å². The molecule has 1 unspecified atom stereocenters. The molecule has 0 rings (SSSR count). The molecule has 0 N–H and O–H groups in total. The van der Waals surface area contributed by atoms with Gasteiger partial charge in [-0.3, -0.25) is 0 Å². The van der Waals surface area contributed by atoms with Crippen LogP contribution < -0.4 is 0 Å². The zero-order valence-electron chi connectivity index (χ0n) is 3.22. The molecule has 0 saturated heterocycles. The molecule has 0 aliphatic heterocycles. The Morgan fingerprint density at radius 1 is 2.00 bits per heavy atom. The van der Waals surface area contributed by atoms with Crippen LogP contribution in [0.1, 0.15) is 6.92 Å². The Hall–Kier alpha value is -0.0100. The molecule has 0 aliphatic carbocycles. The van der Waals surface area contributed by atoms with E-state index in [9.17, 15) is 4.79 Å². The van der Waals surface area contributed by atoms with Gasteiger partial charge in [-0.1, -0.05) is 0 Å². The number of hydrogen-bond donors (Lipinski definition) is 0. The fraction of sp³-hybridized carbons (Fsp3) is 0.500. The summed E-state index contributed by atoms with van der Waals surface area (Å²) in [6, 6.07) is 0. The normalized spacial score (nSPS) is 8.17. The first-order valence-corrected chi connectivity index (χ1v) is 3.36. The molecule has 0 aromatic heterocycles. The SMILES string of the molecule is CC(=O)O[PH+]=S. The minimum absolute atomic E-state index is 0.128. The van der Waals surface area contributed by atoms with E-state index in [0.29, 0.717) is 0 Å². The molecule has 0 spiro atoms. The fourth-order valence-corrected chi connectivity index (χ4v) is 0.528. The van der Waals surface area contributed by atoms with Crippen LogP contribution in [-0.2, 0) is 21.1 Å². The van der Waals surface area contributed by atoms with Gasteiger partial charge in [0.15, 0.2) is 0 Å². The topological polar surface area (TPSA) is 26.3 Å². The summed E-state index contributed by atoms with van der Waals surface area (Å²) in [6.45, 7) is 1.33. The molecule has 6 heavy (non-hydrogen) atoms. The van der Waals surface area contributed by atoms with E-state index >= 15 is 0 Å². The number of carbonyl (C=O) groups is 1. The third-order valence-corrected chi connectivity index (χ3v) is 0.806. The van der Waals surface area contributed by atoms with Crippen molar-refractivity contribution in [2.75, 3.05) is 0 Å². The lowest BCUT2D eigenvalue weighted by Gasteiger charge is -1.69. The molecule has 0 amide bonds. The van der Waals surface area contributed by atoms with Gasteiger partial charge in [0, 0.05) is 6.92 Å². The van der Waals surface area contributed by atoms with Crippen LogP contribution in [0.4, 0.5) is 0 Å². The average molecular weight is 123 g/mol. The molecule has 0 aromatic carbocycles. The summed E-state index contributed by atoms with van der Waals surface area (Å²) in [5.41, 5.74) is 0. The van der Waals surface area contributed by atoms with E-state index in [1.54, 1.807) is 0 Å². The summed E-state index contributed by atoms with van der Waals surface area (Å²) in [6.07, 6.45) is 0. The van der Waals surface area contributed by atoms with Crippen molar-refractivity contribution in [1.82, 2.24) is 0 Å². The van der Waals surface area contributed by atoms with E-state index in [1.807, 2.05) is 0 Å². The summed E-state index contributed by atoms with van der Waals surface area (Å²) in [5.74, 6) is -0.302. The number of rotatable bonds is 1. The van der Waals surface area contributed by atoms with Crippen LogP contribution in [0.15, 0.2) is 0 Å². The fourth-order valence-electron chi connectivity index (χ4n) is 0.0587. The van der Waals surface area contributed by atoms with Gasteiger partial charge in [-0.15, -0.1) is 0 Å². The molecular weight excluding hydrogens is 119 g/mol. The maximum absolute atomic E-state index is 9.76. The molecule has 0 radical (unpaired) electrons. The first-order chi connectivity index (χ1) is 2.77. The largest absolute Gasteiger partial charge is 0.378 e. The van der Waals surface area contributed by atoms with Crippen molar-refractivity contribution in [1.29, 1.82) is 0 Å². The van der Waals surface area contributed by atoms with Crippen molar-refractivity contribution in [3.8, 4) is 0 Å². The van der Waals surface area contributed by atoms with E-state index in [-0.39, 0.29) is 13.6 Å². The Bertz CT molecular complexity index is 71.9. The Balaban J connectivity index is 3.05. The van der Waals surface area contributed by atoms with Gasteiger partial charge in [-0.05, 0) is 0 Å². The lowest BCUT2D eigenvalue weighted by molar-refractivity contribution is -0.130. The van der Waals surface area contributed by atoms with E-state index in [0.717, 1.165) is 0 Å². The first kappa shape index (κ1) is 5.99. The maximum atomic E-state index is 9.76. The zero-order valence-corrected chi connectivity index (χ0v) is 5.04. The van der Waals surface area contributed by atoms with Crippen LogP contribution in [0.2, 0.25) is 0 Å². The quantitative estimate of drug-likeness (QED) is 0.478. The third kappa shape index (κ3) is 3.99. The van der Waals surface area contributed by atoms with Gasteiger partial charge in [-0.25, -0.2) is 9.32 Å². The first-order valence-electron chi connectivity index (χ1n) is 1.32. The number of hydrogen-bond acceptors (Lipinski definition) is 3. The smallest absolute Gasteiger partial charge is 0.247 e. The molecular formula is C2H4O2PS+. The second-order valence-corrected chi connectivity index (χ2v) is 1.55. The van der Waals surface area contributed by atoms with Crippen LogP contribution >= 0.6 is 7.58 Å². The number of carbonyl (C=O) groups excluding carboxylic acids is 1. The Kier molecular flexibility index (Phi) is 3.19. The van der Waals surface area contributed by atoms with Crippen LogP contribution in [-0.4, -0.2) is 5.97 Å². The van der Waals surface area contributed by atoms with Gasteiger partial charge >= 0.3 is 13.6 Å². The van der Waals surface area contributed by atoms with Crippen molar-refractivity contribution >= 4 is 25.4 Å². The summed E-state index contributed by atoms with van der Waals surface area (Å²) >= 11 is 4.31. The molecule has 1 atom stereocenters. The van der Waals surface area contributed by atoms with Gasteiger partial charge < -0.3 is 0 Å². The van der Waals surface area contributed by atoms with Crippen LogP contribution in [0.5, 0.6) is 0 Å². The Labute approximate surface area is 42.4 Å². The average Bonchev–Trinajstić information content (AvgIpc) is 1.35. The van der Waals surface area contributed by atoms with E-state index in [1.165, 1.54) is 6.92 Å². The third-order valence-electron chi connectivity index (χ3n) is 0.185. The van der Waals surface area contributed by atoms with Crippen LogP contribution in [0.3, 0.4) is 0 Å². The molecule has 0 aromatic rings. The highest BCUT2D eigenvalue weighted by Gasteiger charge is 1.89.